The van der Waals surface area contributed by atoms with Crippen molar-refractivity contribution in [1.29, 1.82) is 0 Å². The van der Waals surface area contributed by atoms with Crippen molar-refractivity contribution in [2.75, 3.05) is 5.33 Å². The molecule has 0 nitrogen and oxygen atoms in total. The topological polar surface area (TPSA) is 0 Å². The quantitative estimate of drug-likeness (QED) is 0.544. The number of benzene rings is 1. The molecule has 1 fully saturated rings. The van der Waals surface area contributed by atoms with E-state index in [1.807, 2.05) is 0 Å². The van der Waals surface area contributed by atoms with Crippen LogP contribution in [0.25, 0.3) is 5.57 Å². The Hall–Kier alpha value is -0.840. The molecule has 2 rings (SSSR count). The summed E-state index contributed by atoms with van der Waals surface area (Å²) in [5.74, 6) is -0.811. The largest absolute Gasteiger partial charge is 0.417 e. The molecule has 0 heterocycles. The molecule has 1 aliphatic rings. The van der Waals surface area contributed by atoms with Crippen molar-refractivity contribution in [1.82, 2.24) is 0 Å². The Morgan fingerprint density at radius 3 is 2.35 bits per heavy atom. The molecular weight excluding hydrogens is 300 g/mol. The maximum atomic E-state index is 13.7. The van der Waals surface area contributed by atoms with Gasteiger partial charge in [-0.25, -0.2) is 4.39 Å². The van der Waals surface area contributed by atoms with Crippen LogP contribution in [0.5, 0.6) is 0 Å². The summed E-state index contributed by atoms with van der Waals surface area (Å²) >= 11 is 3.14. The van der Waals surface area contributed by atoms with Crippen molar-refractivity contribution in [2.45, 2.75) is 19.0 Å². The van der Waals surface area contributed by atoms with Gasteiger partial charge in [-0.05, 0) is 30.5 Å². The molecule has 17 heavy (non-hydrogen) atoms. The highest BCUT2D eigenvalue weighted by Crippen LogP contribution is 2.43. The number of allylic oxidation sites excluding steroid dienone is 2. The first kappa shape index (κ1) is 12.6. The van der Waals surface area contributed by atoms with Crippen molar-refractivity contribution in [3.8, 4) is 0 Å². The van der Waals surface area contributed by atoms with Crippen molar-refractivity contribution in [2.24, 2.45) is 0 Å². The van der Waals surface area contributed by atoms with Gasteiger partial charge in [-0.15, -0.1) is 0 Å². The van der Waals surface area contributed by atoms with Gasteiger partial charge in [-0.3, -0.25) is 0 Å². The Morgan fingerprint density at radius 2 is 1.88 bits per heavy atom. The van der Waals surface area contributed by atoms with Crippen molar-refractivity contribution < 1.29 is 17.6 Å². The number of hydrogen-bond acceptors (Lipinski definition) is 0. The SMILES string of the molecule is Fc1cccc(C(F)(F)F)c1C(CBr)=C1CC1. The van der Waals surface area contributed by atoms with Crippen LogP contribution in [-0.2, 0) is 6.18 Å². The zero-order valence-corrected chi connectivity index (χ0v) is 10.3. The van der Waals surface area contributed by atoms with Crippen molar-refractivity contribution >= 4 is 21.5 Å². The molecule has 0 N–H and O–H groups in total. The van der Waals surface area contributed by atoms with E-state index < -0.39 is 17.6 Å². The molecule has 0 aromatic heterocycles. The van der Waals surface area contributed by atoms with Gasteiger partial charge in [0.2, 0.25) is 0 Å². The van der Waals surface area contributed by atoms with E-state index in [1.54, 1.807) is 0 Å². The van der Waals surface area contributed by atoms with Gasteiger partial charge >= 0.3 is 6.18 Å². The van der Waals surface area contributed by atoms with Crippen LogP contribution < -0.4 is 0 Å². The van der Waals surface area contributed by atoms with E-state index in [1.165, 1.54) is 0 Å². The molecule has 0 amide bonds. The normalized spacial score (nSPS) is 15.0. The summed E-state index contributed by atoms with van der Waals surface area (Å²) in [6, 6.07) is 3.07. The van der Waals surface area contributed by atoms with Crippen molar-refractivity contribution in [3.63, 3.8) is 0 Å². The minimum absolute atomic E-state index is 0.242. The fraction of sp³-hybridized carbons (Fsp3) is 0.333. The summed E-state index contributed by atoms with van der Waals surface area (Å²) in [5, 5.41) is 0.242. The lowest BCUT2D eigenvalue weighted by Gasteiger charge is -2.15. The van der Waals surface area contributed by atoms with Gasteiger partial charge in [0.05, 0.1) is 5.56 Å². The van der Waals surface area contributed by atoms with Gasteiger partial charge in [0.25, 0.3) is 0 Å². The van der Waals surface area contributed by atoms with Gasteiger partial charge in [0, 0.05) is 10.9 Å². The van der Waals surface area contributed by atoms with E-state index >= 15 is 0 Å². The monoisotopic (exact) mass is 308 g/mol. The second-order valence-corrected chi connectivity index (χ2v) is 4.44. The fourth-order valence-electron chi connectivity index (χ4n) is 1.77. The summed E-state index contributed by atoms with van der Waals surface area (Å²) in [6.45, 7) is 0. The lowest BCUT2D eigenvalue weighted by molar-refractivity contribution is -0.138. The van der Waals surface area contributed by atoms with Crippen LogP contribution in [-0.4, -0.2) is 5.33 Å². The molecule has 1 aromatic carbocycles. The summed E-state index contributed by atoms with van der Waals surface area (Å²) in [7, 11) is 0. The van der Waals surface area contributed by atoms with Crippen molar-refractivity contribution in [3.05, 3.63) is 40.7 Å². The third-order valence-electron chi connectivity index (χ3n) is 2.68. The molecule has 92 valence electrons. The summed E-state index contributed by atoms with van der Waals surface area (Å²) in [4.78, 5) is 0. The maximum absolute atomic E-state index is 13.7. The molecule has 0 saturated heterocycles. The second kappa shape index (κ2) is 4.44. The molecule has 1 aromatic rings. The predicted molar refractivity (Wildman–Crippen MR) is 61.4 cm³/mol. The highest BCUT2D eigenvalue weighted by atomic mass is 79.9. The van der Waals surface area contributed by atoms with E-state index in [4.69, 9.17) is 0 Å². The number of halogens is 5. The van der Waals surface area contributed by atoms with Gasteiger partial charge < -0.3 is 0 Å². The molecule has 0 radical (unpaired) electrons. The van der Waals surface area contributed by atoms with E-state index in [-0.39, 0.29) is 10.9 Å². The van der Waals surface area contributed by atoms with Crippen LogP contribution in [0.3, 0.4) is 0 Å². The molecule has 1 saturated carbocycles. The predicted octanol–water partition coefficient (Wildman–Crippen LogP) is 4.79. The Kier molecular flexibility index (Phi) is 3.30. The zero-order valence-electron chi connectivity index (χ0n) is 8.74. The van der Waals surface area contributed by atoms with Gasteiger partial charge in [0.15, 0.2) is 0 Å². The van der Waals surface area contributed by atoms with Gasteiger partial charge in [0.1, 0.15) is 5.82 Å². The minimum Gasteiger partial charge on any atom is -0.206 e. The highest BCUT2D eigenvalue weighted by molar-refractivity contribution is 9.09. The Bertz CT molecular complexity index is 468. The molecule has 1 aliphatic carbocycles. The molecule has 5 heteroatoms. The smallest absolute Gasteiger partial charge is 0.206 e. The molecule has 0 bridgehead atoms. The minimum atomic E-state index is -4.53. The van der Waals surface area contributed by atoms with E-state index in [0.717, 1.165) is 36.6 Å². The lowest BCUT2D eigenvalue weighted by Crippen LogP contribution is -2.11. The van der Waals surface area contributed by atoms with Crippen LogP contribution in [0.4, 0.5) is 17.6 Å². The van der Waals surface area contributed by atoms with E-state index in [0.29, 0.717) is 5.57 Å². The molecule has 0 aliphatic heterocycles. The second-order valence-electron chi connectivity index (χ2n) is 3.88. The molecule has 0 atom stereocenters. The summed E-state index contributed by atoms with van der Waals surface area (Å²) in [5.41, 5.74) is 0.142. The summed E-state index contributed by atoms with van der Waals surface area (Å²) in [6.07, 6.45) is -3.01. The van der Waals surface area contributed by atoms with Crippen LogP contribution in [0.15, 0.2) is 23.8 Å². The van der Waals surface area contributed by atoms with Gasteiger partial charge in [-0.2, -0.15) is 13.2 Å². The first-order valence-electron chi connectivity index (χ1n) is 5.08. The average molecular weight is 309 g/mol. The third-order valence-corrected chi connectivity index (χ3v) is 3.24. The molecule has 0 unspecified atom stereocenters. The van der Waals surface area contributed by atoms with E-state index in [9.17, 15) is 17.6 Å². The average Bonchev–Trinajstić information content (AvgIpc) is 3.04. The number of alkyl halides is 4. The maximum Gasteiger partial charge on any atom is 0.417 e. The zero-order chi connectivity index (χ0) is 12.6. The van der Waals surface area contributed by atoms with Crippen LogP contribution in [0.2, 0.25) is 0 Å². The van der Waals surface area contributed by atoms with Gasteiger partial charge in [-0.1, -0.05) is 27.6 Å². The van der Waals surface area contributed by atoms with E-state index in [2.05, 4.69) is 15.9 Å². The van der Waals surface area contributed by atoms with Crippen LogP contribution in [0, 0.1) is 5.82 Å². The van der Waals surface area contributed by atoms with Crippen LogP contribution >= 0.6 is 15.9 Å². The highest BCUT2D eigenvalue weighted by Gasteiger charge is 2.36. The first-order chi connectivity index (χ1) is 7.95. The molecule has 0 spiro atoms. The summed E-state index contributed by atoms with van der Waals surface area (Å²) < 4.78 is 52.1. The Morgan fingerprint density at radius 1 is 1.24 bits per heavy atom. The number of rotatable bonds is 2. The lowest BCUT2D eigenvalue weighted by atomic mass is 9.99. The third kappa shape index (κ3) is 2.54. The fourth-order valence-corrected chi connectivity index (χ4v) is 2.45. The Balaban J connectivity index is 2.63. The van der Waals surface area contributed by atoms with Crippen LogP contribution in [0.1, 0.15) is 24.0 Å². The standard InChI is InChI=1S/C12H9BrF4/c13-6-8(7-4-5-7)11-9(12(15,16)17)2-1-3-10(11)14/h1-3H,4-6H2. The number of hydrogen-bond donors (Lipinski definition) is 0. The first-order valence-corrected chi connectivity index (χ1v) is 6.20. The molecular formula is C12H9BrF4. The Labute approximate surface area is 104 Å².